The Balaban J connectivity index is 2.22. The average Bonchev–Trinajstić information content (AvgIpc) is 2.48. The number of sulfonamides is 1. The van der Waals surface area contributed by atoms with Gasteiger partial charge >= 0.3 is 0 Å². The topological polar surface area (TPSA) is 63.4 Å². The smallest absolute Gasteiger partial charge is 0.243 e. The maximum atomic E-state index is 12.9. The third-order valence-electron chi connectivity index (χ3n) is 3.15. The molecule has 0 aliphatic carbocycles. The lowest BCUT2D eigenvalue weighted by Gasteiger charge is -2.17. The second-order valence-electron chi connectivity index (χ2n) is 4.74. The molecule has 0 fully saturated rings. The molecule has 0 saturated heterocycles. The highest BCUT2D eigenvalue weighted by atomic mass is 32.2. The summed E-state index contributed by atoms with van der Waals surface area (Å²) in [5.74, 6) is -0.466. The van der Waals surface area contributed by atoms with Gasteiger partial charge in [0.25, 0.3) is 0 Å². The molecule has 0 bridgehead atoms. The fourth-order valence-corrected chi connectivity index (χ4v) is 3.14. The maximum Gasteiger partial charge on any atom is 0.243 e. The van der Waals surface area contributed by atoms with Gasteiger partial charge in [-0.2, -0.15) is 4.31 Å². The molecule has 0 saturated carbocycles. The Bertz CT molecular complexity index is 715. The van der Waals surface area contributed by atoms with Crippen LogP contribution in [0.3, 0.4) is 0 Å². The van der Waals surface area contributed by atoms with E-state index in [1.807, 2.05) is 24.3 Å². The van der Waals surface area contributed by atoms with Gasteiger partial charge in [0, 0.05) is 20.1 Å². The van der Waals surface area contributed by atoms with E-state index < -0.39 is 15.8 Å². The summed E-state index contributed by atoms with van der Waals surface area (Å²) in [7, 11) is -2.14. The quantitative estimate of drug-likeness (QED) is 0.920. The maximum absolute atomic E-state index is 12.9. The summed E-state index contributed by atoms with van der Waals surface area (Å²) in [6, 6.07) is 12.2. The van der Waals surface area contributed by atoms with Crippen LogP contribution in [-0.4, -0.2) is 19.8 Å². The monoisotopic (exact) mass is 308 g/mol. The van der Waals surface area contributed by atoms with Crippen LogP contribution < -0.4 is 5.73 Å². The van der Waals surface area contributed by atoms with E-state index in [2.05, 4.69) is 0 Å². The van der Waals surface area contributed by atoms with Crippen molar-refractivity contribution in [2.45, 2.75) is 18.0 Å². The highest BCUT2D eigenvalue weighted by molar-refractivity contribution is 7.89. The van der Waals surface area contributed by atoms with Gasteiger partial charge in [-0.3, -0.25) is 0 Å². The zero-order valence-electron chi connectivity index (χ0n) is 11.7. The Labute approximate surface area is 124 Å². The molecule has 0 atom stereocenters. The van der Waals surface area contributed by atoms with Crippen LogP contribution in [0.5, 0.6) is 0 Å². The Morgan fingerprint density at radius 3 is 2.33 bits per heavy atom. The molecule has 0 aliphatic heterocycles. The van der Waals surface area contributed by atoms with E-state index in [0.717, 1.165) is 23.3 Å². The summed E-state index contributed by atoms with van der Waals surface area (Å²) < 4.78 is 38.9. The highest BCUT2D eigenvalue weighted by Crippen LogP contribution is 2.17. The summed E-state index contributed by atoms with van der Waals surface area (Å²) in [6.45, 7) is 0.635. The van der Waals surface area contributed by atoms with Gasteiger partial charge < -0.3 is 5.73 Å². The number of nitrogens with zero attached hydrogens (tertiary/aromatic N) is 1. The van der Waals surface area contributed by atoms with E-state index in [0.29, 0.717) is 6.54 Å². The van der Waals surface area contributed by atoms with Crippen LogP contribution >= 0.6 is 0 Å². The van der Waals surface area contributed by atoms with Crippen molar-refractivity contribution in [2.75, 3.05) is 7.05 Å². The first-order valence-corrected chi connectivity index (χ1v) is 7.87. The SMILES string of the molecule is CN(Cc1cccc(CN)c1)S(=O)(=O)c1ccc(F)cc1. The molecule has 0 amide bonds. The minimum absolute atomic E-state index is 0.0707. The molecular formula is C15H17FN2O2S. The van der Waals surface area contributed by atoms with Crippen LogP contribution in [0.4, 0.5) is 4.39 Å². The van der Waals surface area contributed by atoms with Gasteiger partial charge in [0.15, 0.2) is 0 Å². The number of hydrogen-bond acceptors (Lipinski definition) is 3. The first kappa shape index (κ1) is 15.6. The Hall–Kier alpha value is -1.76. The molecule has 0 aromatic heterocycles. The zero-order chi connectivity index (χ0) is 15.5. The second-order valence-corrected chi connectivity index (χ2v) is 6.78. The number of halogens is 1. The molecule has 0 radical (unpaired) electrons. The van der Waals surface area contributed by atoms with Crippen LogP contribution in [-0.2, 0) is 23.1 Å². The number of rotatable bonds is 5. The summed E-state index contributed by atoms with van der Waals surface area (Å²) in [4.78, 5) is 0.0707. The minimum Gasteiger partial charge on any atom is -0.326 e. The molecule has 21 heavy (non-hydrogen) atoms. The minimum atomic E-state index is -3.64. The van der Waals surface area contributed by atoms with Gasteiger partial charge in [0.2, 0.25) is 10.0 Å². The van der Waals surface area contributed by atoms with Gasteiger partial charge in [-0.25, -0.2) is 12.8 Å². The Morgan fingerprint density at radius 2 is 1.71 bits per heavy atom. The molecule has 2 rings (SSSR count). The fraction of sp³-hybridized carbons (Fsp3) is 0.200. The van der Waals surface area contributed by atoms with Crippen molar-refractivity contribution in [3.63, 3.8) is 0 Å². The van der Waals surface area contributed by atoms with E-state index in [4.69, 9.17) is 5.73 Å². The molecule has 2 aromatic carbocycles. The van der Waals surface area contributed by atoms with Crippen LogP contribution in [0.2, 0.25) is 0 Å². The van der Waals surface area contributed by atoms with Crippen LogP contribution in [0.15, 0.2) is 53.4 Å². The summed E-state index contributed by atoms with van der Waals surface area (Å²) in [5.41, 5.74) is 7.37. The Kier molecular flexibility index (Phi) is 4.72. The van der Waals surface area contributed by atoms with Gasteiger partial charge in [-0.15, -0.1) is 0 Å². The summed E-state index contributed by atoms with van der Waals surface area (Å²) in [6.07, 6.45) is 0. The summed E-state index contributed by atoms with van der Waals surface area (Å²) in [5, 5.41) is 0. The molecular weight excluding hydrogens is 291 g/mol. The van der Waals surface area contributed by atoms with Crippen molar-refractivity contribution in [1.82, 2.24) is 4.31 Å². The Morgan fingerprint density at radius 1 is 1.10 bits per heavy atom. The van der Waals surface area contributed by atoms with E-state index in [1.165, 1.54) is 23.5 Å². The lowest BCUT2D eigenvalue weighted by molar-refractivity contribution is 0.466. The lowest BCUT2D eigenvalue weighted by Crippen LogP contribution is -2.26. The van der Waals surface area contributed by atoms with Crippen molar-refractivity contribution in [1.29, 1.82) is 0 Å². The molecule has 0 aliphatic rings. The fourth-order valence-electron chi connectivity index (χ4n) is 1.98. The van der Waals surface area contributed by atoms with Gasteiger partial charge in [0.1, 0.15) is 5.82 Å². The molecule has 2 N–H and O–H groups in total. The molecule has 0 unspecified atom stereocenters. The van der Waals surface area contributed by atoms with Crippen molar-refractivity contribution in [3.05, 3.63) is 65.5 Å². The molecule has 4 nitrogen and oxygen atoms in total. The number of nitrogens with two attached hydrogens (primary N) is 1. The van der Waals surface area contributed by atoms with E-state index in [-0.39, 0.29) is 11.4 Å². The predicted molar refractivity (Wildman–Crippen MR) is 79.4 cm³/mol. The highest BCUT2D eigenvalue weighted by Gasteiger charge is 2.20. The summed E-state index contributed by atoms with van der Waals surface area (Å²) >= 11 is 0. The van der Waals surface area contributed by atoms with Gasteiger partial charge in [0.05, 0.1) is 4.90 Å². The van der Waals surface area contributed by atoms with E-state index in [9.17, 15) is 12.8 Å². The van der Waals surface area contributed by atoms with Gasteiger partial charge in [-0.1, -0.05) is 24.3 Å². The van der Waals surface area contributed by atoms with E-state index in [1.54, 1.807) is 0 Å². The largest absolute Gasteiger partial charge is 0.326 e. The molecule has 6 heteroatoms. The van der Waals surface area contributed by atoms with Crippen molar-refractivity contribution >= 4 is 10.0 Å². The third kappa shape index (κ3) is 3.66. The first-order chi connectivity index (χ1) is 9.93. The number of hydrogen-bond donors (Lipinski definition) is 1. The zero-order valence-corrected chi connectivity index (χ0v) is 12.5. The van der Waals surface area contributed by atoms with Crippen LogP contribution in [0.25, 0.3) is 0 Å². The van der Waals surface area contributed by atoms with Crippen molar-refractivity contribution < 1.29 is 12.8 Å². The average molecular weight is 308 g/mol. The van der Waals surface area contributed by atoms with Crippen LogP contribution in [0, 0.1) is 5.82 Å². The standard InChI is InChI=1S/C15H17FN2O2S/c1-18(11-13-4-2-3-12(9-13)10-17)21(19,20)15-7-5-14(16)6-8-15/h2-9H,10-11,17H2,1H3. The third-order valence-corrected chi connectivity index (χ3v) is 4.97. The molecule has 2 aromatic rings. The van der Waals surface area contributed by atoms with Gasteiger partial charge in [-0.05, 0) is 35.4 Å². The normalized spacial score (nSPS) is 11.8. The number of benzene rings is 2. The lowest BCUT2D eigenvalue weighted by atomic mass is 10.1. The van der Waals surface area contributed by atoms with Crippen molar-refractivity contribution in [2.24, 2.45) is 5.73 Å². The second kappa shape index (κ2) is 6.34. The van der Waals surface area contributed by atoms with E-state index >= 15 is 0 Å². The molecule has 0 heterocycles. The molecule has 0 spiro atoms. The first-order valence-electron chi connectivity index (χ1n) is 6.43. The van der Waals surface area contributed by atoms with Crippen molar-refractivity contribution in [3.8, 4) is 0 Å². The molecule has 112 valence electrons. The van der Waals surface area contributed by atoms with Crippen LogP contribution in [0.1, 0.15) is 11.1 Å². The predicted octanol–water partition coefficient (Wildman–Crippen LogP) is 2.11.